The van der Waals surface area contributed by atoms with Crippen LogP contribution in [0.25, 0.3) is 0 Å². The van der Waals surface area contributed by atoms with Crippen molar-refractivity contribution in [3.8, 4) is 0 Å². The lowest BCUT2D eigenvalue weighted by molar-refractivity contribution is -0.126. The normalized spacial score (nSPS) is 18.6. The van der Waals surface area contributed by atoms with E-state index in [1.165, 1.54) is 19.3 Å². The molecule has 2 aliphatic heterocycles. The summed E-state index contributed by atoms with van der Waals surface area (Å²) < 4.78 is 19.3. The van der Waals surface area contributed by atoms with Crippen molar-refractivity contribution in [3.63, 3.8) is 0 Å². The molecule has 0 N–H and O–H groups in total. The summed E-state index contributed by atoms with van der Waals surface area (Å²) in [5, 5.41) is 0. The van der Waals surface area contributed by atoms with Crippen LogP contribution in [0.2, 0.25) is 0 Å². The van der Waals surface area contributed by atoms with Crippen LogP contribution < -0.4 is 0 Å². The first kappa shape index (κ1) is 18.9. The van der Waals surface area contributed by atoms with Gasteiger partial charge in [-0.15, -0.1) is 0 Å². The number of carbonyl (C=O) groups excluding carboxylic acids is 2. The monoisotopic (exact) mass is 306 g/mol. The fourth-order valence-corrected chi connectivity index (χ4v) is 1.81. The molecular weight excluding hydrogens is 280 g/mol. The standard InChI is InChI=1S/C6H11NO.C5H9NO.C2H6O2S/c8-6-7-4-2-1-3-5-7;1-6-4-2-3-5(6)7;1-5(2,3)4/h6H,1-5H2;2-4H2,1H3;1-2H3. The van der Waals surface area contributed by atoms with Gasteiger partial charge >= 0.3 is 0 Å². The van der Waals surface area contributed by atoms with Crippen molar-refractivity contribution >= 4 is 22.2 Å². The Morgan fingerprint density at radius 3 is 1.70 bits per heavy atom. The van der Waals surface area contributed by atoms with Crippen LogP contribution in [0.1, 0.15) is 32.1 Å². The first-order chi connectivity index (χ1) is 9.24. The number of likely N-dealkylation sites (tertiary alicyclic amines) is 2. The molecule has 0 bridgehead atoms. The van der Waals surface area contributed by atoms with Crippen molar-refractivity contribution in [1.29, 1.82) is 0 Å². The van der Waals surface area contributed by atoms with Gasteiger partial charge in [-0.2, -0.15) is 0 Å². The lowest BCUT2D eigenvalue weighted by Crippen LogP contribution is -2.27. The predicted molar refractivity (Wildman–Crippen MR) is 79.1 cm³/mol. The van der Waals surface area contributed by atoms with E-state index in [0.717, 1.165) is 51.4 Å². The van der Waals surface area contributed by atoms with Crippen LogP contribution in [0.5, 0.6) is 0 Å². The molecule has 0 atom stereocenters. The van der Waals surface area contributed by atoms with E-state index < -0.39 is 9.84 Å². The topological polar surface area (TPSA) is 74.8 Å². The zero-order valence-electron chi connectivity index (χ0n) is 12.7. The van der Waals surface area contributed by atoms with Gasteiger partial charge in [0.2, 0.25) is 12.3 Å². The Kier molecular flexibility index (Phi) is 9.20. The maximum Gasteiger partial charge on any atom is 0.222 e. The van der Waals surface area contributed by atoms with Gasteiger partial charge in [0.15, 0.2) is 0 Å². The van der Waals surface area contributed by atoms with Gasteiger partial charge in [0.1, 0.15) is 9.84 Å². The number of hydrogen-bond donors (Lipinski definition) is 0. The molecule has 7 heteroatoms. The molecule has 0 aliphatic carbocycles. The maximum atomic E-state index is 10.5. The van der Waals surface area contributed by atoms with E-state index in [9.17, 15) is 18.0 Å². The third kappa shape index (κ3) is 12.0. The van der Waals surface area contributed by atoms with Crippen LogP contribution in [-0.4, -0.2) is 69.7 Å². The second-order valence-electron chi connectivity index (χ2n) is 5.26. The first-order valence-corrected chi connectivity index (χ1v) is 9.12. The number of nitrogens with zero attached hydrogens (tertiary/aromatic N) is 2. The Hall–Kier alpha value is -1.11. The summed E-state index contributed by atoms with van der Waals surface area (Å²) >= 11 is 0. The largest absolute Gasteiger partial charge is 0.346 e. The molecule has 2 saturated heterocycles. The minimum atomic E-state index is -2.67. The van der Waals surface area contributed by atoms with Crippen LogP contribution in [0.4, 0.5) is 0 Å². The number of hydrogen-bond acceptors (Lipinski definition) is 4. The van der Waals surface area contributed by atoms with Crippen molar-refractivity contribution in [2.24, 2.45) is 0 Å². The molecule has 0 spiro atoms. The van der Waals surface area contributed by atoms with Crippen LogP contribution in [0.3, 0.4) is 0 Å². The first-order valence-electron chi connectivity index (χ1n) is 6.82. The summed E-state index contributed by atoms with van der Waals surface area (Å²) in [6.45, 7) is 2.91. The SMILES string of the molecule is CN1CCCC1=O.CS(C)(=O)=O.O=CN1CCCCC1. The molecule has 0 saturated carbocycles. The highest BCUT2D eigenvalue weighted by Crippen LogP contribution is 2.05. The summed E-state index contributed by atoms with van der Waals surface area (Å²) in [4.78, 5) is 24.2. The Labute approximate surface area is 122 Å². The molecule has 0 unspecified atom stereocenters. The van der Waals surface area contributed by atoms with Crippen molar-refractivity contribution in [2.75, 3.05) is 39.2 Å². The molecule has 0 aromatic rings. The van der Waals surface area contributed by atoms with Gasteiger partial charge in [0.25, 0.3) is 0 Å². The van der Waals surface area contributed by atoms with Gasteiger partial charge in [-0.1, -0.05) is 0 Å². The molecule has 0 aromatic heterocycles. The average Bonchev–Trinajstić information content (AvgIpc) is 2.73. The molecule has 6 nitrogen and oxygen atoms in total. The van der Waals surface area contributed by atoms with Gasteiger partial charge in [0, 0.05) is 45.6 Å². The van der Waals surface area contributed by atoms with Gasteiger partial charge in [-0.25, -0.2) is 8.42 Å². The van der Waals surface area contributed by atoms with Crippen LogP contribution >= 0.6 is 0 Å². The summed E-state index contributed by atoms with van der Waals surface area (Å²) in [6.07, 6.45) is 8.76. The Bertz CT molecular complexity index is 381. The molecule has 0 radical (unpaired) electrons. The number of amides is 2. The zero-order valence-corrected chi connectivity index (χ0v) is 13.5. The van der Waals surface area contributed by atoms with Crippen LogP contribution in [0, 0.1) is 0 Å². The molecule has 2 amide bonds. The van der Waals surface area contributed by atoms with Crippen molar-refractivity contribution in [1.82, 2.24) is 9.80 Å². The fraction of sp³-hybridized carbons (Fsp3) is 0.846. The van der Waals surface area contributed by atoms with Crippen molar-refractivity contribution in [2.45, 2.75) is 32.1 Å². The highest BCUT2D eigenvalue weighted by molar-refractivity contribution is 7.89. The number of piperidine rings is 1. The molecule has 2 fully saturated rings. The van der Waals surface area contributed by atoms with Gasteiger partial charge in [-0.05, 0) is 25.7 Å². The van der Waals surface area contributed by atoms with Crippen LogP contribution in [-0.2, 0) is 19.4 Å². The van der Waals surface area contributed by atoms with Crippen LogP contribution in [0.15, 0.2) is 0 Å². The van der Waals surface area contributed by atoms with Gasteiger partial charge in [-0.3, -0.25) is 9.59 Å². The van der Waals surface area contributed by atoms with E-state index in [-0.39, 0.29) is 0 Å². The number of carbonyl (C=O) groups is 2. The third-order valence-electron chi connectivity index (χ3n) is 2.85. The smallest absolute Gasteiger partial charge is 0.222 e. The zero-order chi connectivity index (χ0) is 15.6. The predicted octanol–water partition coefficient (Wildman–Crippen LogP) is 0.528. The maximum absolute atomic E-state index is 10.5. The highest BCUT2D eigenvalue weighted by atomic mass is 32.2. The third-order valence-corrected chi connectivity index (χ3v) is 2.85. The lowest BCUT2D eigenvalue weighted by atomic mass is 10.1. The second kappa shape index (κ2) is 9.74. The molecule has 20 heavy (non-hydrogen) atoms. The van der Waals surface area contributed by atoms with E-state index in [4.69, 9.17) is 0 Å². The molecule has 2 aliphatic rings. The minimum absolute atomic E-state index is 0.292. The molecule has 2 rings (SSSR count). The molecular formula is C13H26N2O4S. The lowest BCUT2D eigenvalue weighted by Gasteiger charge is -2.21. The average molecular weight is 306 g/mol. The summed E-state index contributed by atoms with van der Waals surface area (Å²) in [6, 6.07) is 0. The molecule has 0 aromatic carbocycles. The fourth-order valence-electron chi connectivity index (χ4n) is 1.81. The summed E-state index contributed by atoms with van der Waals surface area (Å²) in [5.41, 5.74) is 0. The minimum Gasteiger partial charge on any atom is -0.346 e. The Morgan fingerprint density at radius 2 is 1.50 bits per heavy atom. The second-order valence-corrected chi connectivity index (χ2v) is 7.55. The highest BCUT2D eigenvalue weighted by Gasteiger charge is 2.14. The Balaban J connectivity index is 0.000000280. The quantitative estimate of drug-likeness (QED) is 0.662. The molecule has 2 heterocycles. The summed E-state index contributed by atoms with van der Waals surface area (Å²) in [7, 11) is -0.824. The van der Waals surface area contributed by atoms with Gasteiger partial charge in [0.05, 0.1) is 0 Å². The Morgan fingerprint density at radius 1 is 1.00 bits per heavy atom. The van der Waals surface area contributed by atoms with Gasteiger partial charge < -0.3 is 9.80 Å². The van der Waals surface area contributed by atoms with E-state index >= 15 is 0 Å². The van der Waals surface area contributed by atoms with Crippen molar-refractivity contribution < 1.29 is 18.0 Å². The van der Waals surface area contributed by atoms with E-state index in [1.54, 1.807) is 4.90 Å². The number of sulfone groups is 1. The van der Waals surface area contributed by atoms with Crippen molar-refractivity contribution in [3.05, 3.63) is 0 Å². The molecule has 118 valence electrons. The van der Waals surface area contributed by atoms with E-state index in [2.05, 4.69) is 0 Å². The summed E-state index contributed by atoms with van der Waals surface area (Å²) in [5.74, 6) is 0.292. The number of rotatable bonds is 1. The van der Waals surface area contributed by atoms with E-state index in [0.29, 0.717) is 5.91 Å². The van der Waals surface area contributed by atoms with E-state index in [1.807, 2.05) is 11.9 Å².